The first-order valence-electron chi connectivity index (χ1n) is 7.77. The van der Waals surface area contributed by atoms with Crippen LogP contribution in [0.5, 0.6) is 0 Å². The SMILES string of the molecule is CSCCC(NC(=O)c1ccccc1Br)C(=O)NCCC(C)C. The molecule has 1 rings (SSSR count). The molecular formula is C17H25BrN2O2S. The van der Waals surface area contributed by atoms with Crippen molar-refractivity contribution in [2.45, 2.75) is 32.7 Å². The maximum atomic E-state index is 12.4. The van der Waals surface area contributed by atoms with Crippen LogP contribution in [-0.2, 0) is 4.79 Å². The van der Waals surface area contributed by atoms with Gasteiger partial charge in [0.05, 0.1) is 5.56 Å². The van der Waals surface area contributed by atoms with Gasteiger partial charge >= 0.3 is 0 Å². The first kappa shape index (κ1) is 20.0. The molecule has 6 heteroatoms. The van der Waals surface area contributed by atoms with E-state index in [1.165, 1.54) is 0 Å². The van der Waals surface area contributed by atoms with Crippen molar-refractivity contribution < 1.29 is 9.59 Å². The predicted octanol–water partition coefficient (Wildman–Crippen LogP) is 3.46. The molecule has 1 aromatic carbocycles. The molecule has 4 nitrogen and oxygen atoms in total. The van der Waals surface area contributed by atoms with Crippen LogP contribution in [0.2, 0.25) is 0 Å². The van der Waals surface area contributed by atoms with Crippen molar-refractivity contribution in [3.63, 3.8) is 0 Å². The molecule has 2 N–H and O–H groups in total. The number of benzene rings is 1. The number of nitrogens with one attached hydrogen (secondary N) is 2. The lowest BCUT2D eigenvalue weighted by Crippen LogP contribution is -2.47. The lowest BCUT2D eigenvalue weighted by Gasteiger charge is -2.19. The highest BCUT2D eigenvalue weighted by Crippen LogP contribution is 2.16. The highest BCUT2D eigenvalue weighted by atomic mass is 79.9. The molecular weight excluding hydrogens is 376 g/mol. The van der Waals surface area contributed by atoms with E-state index in [0.29, 0.717) is 24.4 Å². The molecule has 1 aromatic rings. The molecule has 0 aliphatic carbocycles. The zero-order chi connectivity index (χ0) is 17.2. The van der Waals surface area contributed by atoms with Gasteiger partial charge in [0.15, 0.2) is 0 Å². The number of hydrogen-bond donors (Lipinski definition) is 2. The van der Waals surface area contributed by atoms with Crippen molar-refractivity contribution in [1.29, 1.82) is 0 Å². The molecule has 0 aliphatic rings. The van der Waals surface area contributed by atoms with Crippen LogP contribution >= 0.6 is 27.7 Å². The van der Waals surface area contributed by atoms with Crippen LogP contribution in [0.3, 0.4) is 0 Å². The Morgan fingerprint density at radius 2 is 1.91 bits per heavy atom. The van der Waals surface area contributed by atoms with Crippen LogP contribution in [0.15, 0.2) is 28.7 Å². The number of thioether (sulfide) groups is 1. The molecule has 0 spiro atoms. The topological polar surface area (TPSA) is 58.2 Å². The molecule has 0 saturated carbocycles. The van der Waals surface area contributed by atoms with Crippen LogP contribution in [0, 0.1) is 5.92 Å². The molecule has 0 saturated heterocycles. The van der Waals surface area contributed by atoms with Gasteiger partial charge in [-0.15, -0.1) is 0 Å². The van der Waals surface area contributed by atoms with Crippen LogP contribution in [0.1, 0.15) is 37.0 Å². The number of halogens is 1. The molecule has 0 aliphatic heterocycles. The molecule has 128 valence electrons. The minimum atomic E-state index is -0.505. The van der Waals surface area contributed by atoms with E-state index < -0.39 is 6.04 Å². The molecule has 23 heavy (non-hydrogen) atoms. The van der Waals surface area contributed by atoms with E-state index in [4.69, 9.17) is 0 Å². The van der Waals surface area contributed by atoms with Gasteiger partial charge in [-0.2, -0.15) is 11.8 Å². The predicted molar refractivity (Wildman–Crippen MR) is 101 cm³/mol. The zero-order valence-corrected chi connectivity index (χ0v) is 16.3. The van der Waals surface area contributed by atoms with Gasteiger partial charge in [-0.3, -0.25) is 9.59 Å². The Morgan fingerprint density at radius 1 is 1.22 bits per heavy atom. The lowest BCUT2D eigenvalue weighted by molar-refractivity contribution is -0.123. The molecule has 0 aromatic heterocycles. The van der Waals surface area contributed by atoms with E-state index in [0.717, 1.165) is 16.6 Å². The quantitative estimate of drug-likeness (QED) is 0.666. The van der Waals surface area contributed by atoms with Gasteiger partial charge in [-0.25, -0.2) is 0 Å². The number of amides is 2. The summed E-state index contributed by atoms with van der Waals surface area (Å²) in [6.07, 6.45) is 3.54. The third kappa shape index (κ3) is 7.40. The van der Waals surface area contributed by atoms with Crippen LogP contribution in [0.25, 0.3) is 0 Å². The molecule has 0 radical (unpaired) electrons. The maximum Gasteiger partial charge on any atom is 0.253 e. The summed E-state index contributed by atoms with van der Waals surface area (Å²) in [6, 6.07) is 6.70. The van der Waals surface area contributed by atoms with Crippen LogP contribution in [-0.4, -0.2) is 36.4 Å². The molecule has 1 atom stereocenters. The van der Waals surface area contributed by atoms with E-state index in [-0.39, 0.29) is 11.8 Å². The Labute approximate surface area is 151 Å². The highest BCUT2D eigenvalue weighted by molar-refractivity contribution is 9.10. The third-order valence-electron chi connectivity index (χ3n) is 3.37. The maximum absolute atomic E-state index is 12.4. The Morgan fingerprint density at radius 3 is 2.52 bits per heavy atom. The van der Waals surface area contributed by atoms with E-state index in [9.17, 15) is 9.59 Å². The molecule has 0 bridgehead atoms. The van der Waals surface area contributed by atoms with Crippen LogP contribution in [0.4, 0.5) is 0 Å². The van der Waals surface area contributed by atoms with Gasteiger partial charge in [0.2, 0.25) is 5.91 Å². The summed E-state index contributed by atoms with van der Waals surface area (Å²) in [7, 11) is 0. The Kier molecular flexibility index (Phi) is 9.33. The summed E-state index contributed by atoms with van der Waals surface area (Å²) >= 11 is 5.03. The van der Waals surface area contributed by atoms with Gasteiger partial charge in [0.1, 0.15) is 6.04 Å². The van der Waals surface area contributed by atoms with Crippen molar-refractivity contribution in [1.82, 2.24) is 10.6 Å². The summed E-state index contributed by atoms with van der Waals surface area (Å²) in [5, 5.41) is 5.77. The Bertz CT molecular complexity index is 523. The van der Waals surface area contributed by atoms with Gasteiger partial charge in [0.25, 0.3) is 5.91 Å². The van der Waals surface area contributed by atoms with Crippen molar-refractivity contribution >= 4 is 39.5 Å². The average molecular weight is 401 g/mol. The summed E-state index contributed by atoms with van der Waals surface area (Å²) in [5.74, 6) is 1.01. The monoisotopic (exact) mass is 400 g/mol. The largest absolute Gasteiger partial charge is 0.354 e. The molecule has 0 fully saturated rings. The van der Waals surface area contributed by atoms with Crippen molar-refractivity contribution in [3.8, 4) is 0 Å². The fraction of sp³-hybridized carbons (Fsp3) is 0.529. The normalized spacial score (nSPS) is 12.0. The standard InChI is InChI=1S/C17H25BrN2O2S/c1-12(2)8-10-19-17(22)15(9-11-23-3)20-16(21)13-6-4-5-7-14(13)18/h4-7,12,15H,8-11H2,1-3H3,(H,19,22)(H,20,21). The smallest absolute Gasteiger partial charge is 0.253 e. The van der Waals surface area contributed by atoms with E-state index in [2.05, 4.69) is 40.4 Å². The molecule has 2 amide bonds. The first-order valence-corrected chi connectivity index (χ1v) is 9.96. The van der Waals surface area contributed by atoms with Gasteiger partial charge in [0, 0.05) is 11.0 Å². The minimum Gasteiger partial charge on any atom is -0.354 e. The molecule has 1 unspecified atom stereocenters. The van der Waals surface area contributed by atoms with Crippen molar-refractivity contribution in [2.24, 2.45) is 5.92 Å². The fourth-order valence-electron chi connectivity index (χ4n) is 1.99. The van der Waals surface area contributed by atoms with Crippen LogP contribution < -0.4 is 10.6 Å². The summed E-state index contributed by atoms with van der Waals surface area (Å²) in [6.45, 7) is 4.87. The summed E-state index contributed by atoms with van der Waals surface area (Å²) in [4.78, 5) is 24.7. The Hall–Kier alpha value is -1.01. The highest BCUT2D eigenvalue weighted by Gasteiger charge is 2.21. The fourth-order valence-corrected chi connectivity index (χ4v) is 2.93. The van der Waals surface area contributed by atoms with E-state index >= 15 is 0 Å². The lowest BCUT2D eigenvalue weighted by atomic mass is 10.1. The van der Waals surface area contributed by atoms with Crippen molar-refractivity contribution in [3.05, 3.63) is 34.3 Å². The zero-order valence-electron chi connectivity index (χ0n) is 13.9. The van der Waals surface area contributed by atoms with E-state index in [1.807, 2.05) is 18.4 Å². The van der Waals surface area contributed by atoms with Gasteiger partial charge in [-0.05, 0) is 58.8 Å². The van der Waals surface area contributed by atoms with E-state index in [1.54, 1.807) is 23.9 Å². The second kappa shape index (κ2) is 10.7. The van der Waals surface area contributed by atoms with Gasteiger partial charge in [-0.1, -0.05) is 26.0 Å². The number of hydrogen-bond acceptors (Lipinski definition) is 3. The second-order valence-corrected chi connectivity index (χ2v) is 7.60. The average Bonchev–Trinajstić information content (AvgIpc) is 2.51. The number of rotatable bonds is 9. The Balaban J connectivity index is 2.68. The van der Waals surface area contributed by atoms with Gasteiger partial charge < -0.3 is 10.6 Å². The molecule has 0 heterocycles. The summed E-state index contributed by atoms with van der Waals surface area (Å²) < 4.78 is 0.723. The minimum absolute atomic E-state index is 0.111. The third-order valence-corrected chi connectivity index (χ3v) is 4.71. The second-order valence-electron chi connectivity index (χ2n) is 5.76. The first-order chi connectivity index (χ1) is 11.0. The summed E-state index contributed by atoms with van der Waals surface area (Å²) in [5.41, 5.74) is 0.539. The van der Waals surface area contributed by atoms with Crippen molar-refractivity contribution in [2.75, 3.05) is 18.6 Å². The number of carbonyl (C=O) groups is 2. The number of carbonyl (C=O) groups excluding carboxylic acids is 2.